The standard InChI is InChI=1S/C51H53NO14/c1-27-35(64-47(60)40(56)39(31-16-9-7-10-17-31)52-45(58)34-22-21-30-15-13-14-20-33(30)23-34)25-51(61)44(65-46(59)32-18-11-8-12-19-32)42-49(6,36(55)24-37-50(42,26-62-37)66-29(3)54)43(57)41(63-28(2)53)38(27)48(51,4)5/h7-23,35-37,39-42,44,55-56,61H,24-26H2,1-6H3,(H,52,58)/t35-,36-,37+,39-,40+,41+,42-,44-,49+,50-,51+/m0/s1. The molecule has 4 aromatic rings. The topological polar surface area (TPSA) is 221 Å². The maximum absolute atomic E-state index is 15.6. The highest BCUT2D eigenvalue weighted by Gasteiger charge is 2.78. The molecule has 66 heavy (non-hydrogen) atoms. The molecule has 2 saturated carbocycles. The summed E-state index contributed by atoms with van der Waals surface area (Å²) < 4.78 is 30.4. The maximum Gasteiger partial charge on any atom is 0.338 e. The molecule has 15 heteroatoms. The normalized spacial score (nSPS) is 30.7. The number of amides is 1. The predicted molar refractivity (Wildman–Crippen MR) is 235 cm³/mol. The second-order valence-corrected chi connectivity index (χ2v) is 18.5. The molecule has 0 aromatic heterocycles. The number of ether oxygens (including phenoxy) is 5. The lowest BCUT2D eigenvalue weighted by atomic mass is 9.44. The van der Waals surface area contributed by atoms with Crippen molar-refractivity contribution in [1.82, 2.24) is 5.32 Å². The van der Waals surface area contributed by atoms with Crippen LogP contribution >= 0.6 is 0 Å². The Morgan fingerprint density at radius 2 is 1.44 bits per heavy atom. The Bertz CT molecular complexity index is 2630. The number of nitrogens with one attached hydrogen (secondary N) is 1. The number of benzene rings is 4. The molecular weight excluding hydrogens is 851 g/mol. The van der Waals surface area contributed by atoms with Gasteiger partial charge in [-0.3, -0.25) is 19.2 Å². The summed E-state index contributed by atoms with van der Waals surface area (Å²) in [6.07, 6.45) is -10.6. The molecule has 2 bridgehead atoms. The summed E-state index contributed by atoms with van der Waals surface area (Å²) in [7, 11) is 0. The molecule has 8 rings (SSSR count). The van der Waals surface area contributed by atoms with E-state index in [2.05, 4.69) is 5.32 Å². The van der Waals surface area contributed by atoms with E-state index in [1.54, 1.807) is 80.6 Å². The lowest BCUT2D eigenvalue weighted by Crippen LogP contribution is -2.82. The van der Waals surface area contributed by atoms with Crippen molar-refractivity contribution in [3.63, 3.8) is 0 Å². The van der Waals surface area contributed by atoms with Crippen molar-refractivity contribution in [3.05, 3.63) is 131 Å². The first-order valence-corrected chi connectivity index (χ1v) is 21.9. The van der Waals surface area contributed by atoms with Crippen molar-refractivity contribution >= 4 is 46.3 Å². The number of esters is 4. The number of hydrogen-bond acceptors (Lipinski definition) is 14. The van der Waals surface area contributed by atoms with Crippen molar-refractivity contribution < 1.29 is 67.8 Å². The maximum atomic E-state index is 15.6. The highest BCUT2D eigenvalue weighted by molar-refractivity contribution is 5.99. The van der Waals surface area contributed by atoms with Crippen LogP contribution in [-0.4, -0.2) is 105 Å². The number of ketones is 1. The molecule has 11 atom stereocenters. The van der Waals surface area contributed by atoms with Gasteiger partial charge in [0.15, 0.2) is 23.6 Å². The van der Waals surface area contributed by atoms with Crippen LogP contribution < -0.4 is 5.32 Å². The minimum Gasteiger partial charge on any atom is -0.456 e. The van der Waals surface area contributed by atoms with E-state index in [9.17, 15) is 39.3 Å². The molecule has 1 saturated heterocycles. The minimum atomic E-state index is -2.40. The van der Waals surface area contributed by atoms with E-state index < -0.39 is 113 Å². The number of hydrogen-bond donors (Lipinski definition) is 4. The lowest BCUT2D eigenvalue weighted by Gasteiger charge is -2.67. The number of carbonyl (C=O) groups excluding carboxylic acids is 6. The monoisotopic (exact) mass is 903 g/mol. The Hall–Kier alpha value is -6.26. The lowest BCUT2D eigenvalue weighted by molar-refractivity contribution is -0.346. The second kappa shape index (κ2) is 17.2. The summed E-state index contributed by atoms with van der Waals surface area (Å²) >= 11 is 0. The zero-order valence-electron chi connectivity index (χ0n) is 37.4. The van der Waals surface area contributed by atoms with Gasteiger partial charge < -0.3 is 44.3 Å². The fourth-order valence-electron chi connectivity index (χ4n) is 10.9. The third-order valence-electron chi connectivity index (χ3n) is 14.5. The van der Waals surface area contributed by atoms with E-state index in [-0.39, 0.29) is 35.3 Å². The number of carbonyl (C=O) groups is 6. The fourth-order valence-corrected chi connectivity index (χ4v) is 10.9. The summed E-state index contributed by atoms with van der Waals surface area (Å²) in [5.41, 5.74) is -7.07. The molecule has 0 spiro atoms. The van der Waals surface area contributed by atoms with Crippen LogP contribution in [0.3, 0.4) is 0 Å². The Kier molecular flexibility index (Phi) is 12.1. The molecule has 3 aliphatic carbocycles. The van der Waals surface area contributed by atoms with Gasteiger partial charge in [-0.2, -0.15) is 0 Å². The molecule has 1 amide bonds. The van der Waals surface area contributed by atoms with Crippen molar-refractivity contribution in [3.8, 4) is 0 Å². The summed E-state index contributed by atoms with van der Waals surface area (Å²) in [5, 5.41) is 42.3. The van der Waals surface area contributed by atoms with E-state index in [0.29, 0.717) is 5.56 Å². The van der Waals surface area contributed by atoms with Gasteiger partial charge in [-0.15, -0.1) is 0 Å². The van der Waals surface area contributed by atoms with E-state index in [1.165, 1.54) is 26.0 Å². The number of rotatable bonds is 10. The van der Waals surface area contributed by atoms with Crippen molar-refractivity contribution in [2.45, 2.75) is 108 Å². The molecule has 1 aliphatic heterocycles. The SMILES string of the molecule is CC(=O)O[C@H]1C(=O)[C@@]2(C)[C@H]([C@H](OC(=O)c3ccccc3)[C@]3(O)C[C@H](OC(=O)[C@H](O)[C@@H](NC(=O)c4ccc5ccccc5c4)c4ccccc4)C(C)=C1C3(C)C)[C@]1(OC(C)=O)CO[C@@H]1C[C@@H]2O. The van der Waals surface area contributed by atoms with Crippen LogP contribution in [0.5, 0.6) is 0 Å². The number of aliphatic hydroxyl groups excluding tert-OH is 2. The van der Waals surface area contributed by atoms with Gasteiger partial charge >= 0.3 is 23.9 Å². The first-order valence-electron chi connectivity index (χ1n) is 21.9. The van der Waals surface area contributed by atoms with Gasteiger partial charge in [-0.1, -0.05) is 92.7 Å². The van der Waals surface area contributed by atoms with Gasteiger partial charge in [0.2, 0.25) is 0 Å². The molecule has 1 heterocycles. The molecule has 346 valence electrons. The largest absolute Gasteiger partial charge is 0.456 e. The Morgan fingerprint density at radius 1 is 0.803 bits per heavy atom. The minimum absolute atomic E-state index is 0.00545. The molecule has 0 unspecified atom stereocenters. The summed E-state index contributed by atoms with van der Waals surface area (Å²) in [5.74, 6) is -6.86. The smallest absolute Gasteiger partial charge is 0.338 e. The van der Waals surface area contributed by atoms with Crippen LogP contribution in [0, 0.1) is 16.7 Å². The van der Waals surface area contributed by atoms with Crippen molar-refractivity contribution in [1.29, 1.82) is 0 Å². The highest BCUT2D eigenvalue weighted by atomic mass is 16.6. The third kappa shape index (κ3) is 7.57. The third-order valence-corrected chi connectivity index (χ3v) is 14.5. The average Bonchev–Trinajstić information content (AvgIpc) is 3.29. The molecule has 4 aliphatic rings. The second-order valence-electron chi connectivity index (χ2n) is 18.5. The molecular formula is C51H53NO14. The van der Waals surface area contributed by atoms with Gasteiger partial charge in [0.1, 0.15) is 23.9 Å². The first-order chi connectivity index (χ1) is 31.2. The van der Waals surface area contributed by atoms with Crippen LogP contribution in [0.25, 0.3) is 10.8 Å². The van der Waals surface area contributed by atoms with E-state index in [1.807, 2.05) is 24.3 Å². The Labute approximate surface area is 381 Å². The Morgan fingerprint density at radius 3 is 2.06 bits per heavy atom. The number of fused-ring (bicyclic) bond motifs is 6. The van der Waals surface area contributed by atoms with Gasteiger partial charge in [0, 0.05) is 37.7 Å². The fraction of sp³-hybridized carbons (Fsp3) is 0.412. The summed E-state index contributed by atoms with van der Waals surface area (Å²) in [4.78, 5) is 84.3. The first kappa shape index (κ1) is 46.3. The number of Topliss-reactive ketones (excluding diaryl/α,β-unsaturated/α-hetero) is 1. The van der Waals surface area contributed by atoms with Gasteiger partial charge in [0.25, 0.3) is 5.91 Å². The van der Waals surface area contributed by atoms with Crippen LogP contribution in [0.15, 0.2) is 114 Å². The average molecular weight is 904 g/mol. The molecule has 15 nitrogen and oxygen atoms in total. The quantitative estimate of drug-likeness (QED) is 0.0947. The van der Waals surface area contributed by atoms with Crippen LogP contribution in [0.4, 0.5) is 0 Å². The van der Waals surface area contributed by atoms with Gasteiger partial charge in [-0.05, 0) is 65.6 Å². The predicted octanol–water partition coefficient (Wildman–Crippen LogP) is 4.89. The van der Waals surface area contributed by atoms with Gasteiger partial charge in [0.05, 0.1) is 35.6 Å². The molecule has 0 radical (unpaired) electrons. The number of aliphatic hydroxyl groups is 3. The summed E-state index contributed by atoms with van der Waals surface area (Å²) in [6, 6.07) is 27.3. The summed E-state index contributed by atoms with van der Waals surface area (Å²) in [6.45, 7) is 7.99. The molecule has 4 N–H and O–H groups in total. The Balaban J connectivity index is 1.25. The van der Waals surface area contributed by atoms with Crippen LogP contribution in [0.2, 0.25) is 0 Å². The van der Waals surface area contributed by atoms with Gasteiger partial charge in [-0.25, -0.2) is 9.59 Å². The van der Waals surface area contributed by atoms with Crippen molar-refractivity contribution in [2.24, 2.45) is 16.7 Å². The van der Waals surface area contributed by atoms with E-state index >= 15 is 4.79 Å². The van der Waals surface area contributed by atoms with Crippen LogP contribution in [-0.2, 0) is 42.9 Å². The highest BCUT2D eigenvalue weighted by Crippen LogP contribution is 2.64. The van der Waals surface area contributed by atoms with E-state index in [0.717, 1.165) is 24.6 Å². The van der Waals surface area contributed by atoms with Crippen molar-refractivity contribution in [2.75, 3.05) is 6.61 Å². The molecule has 4 aromatic carbocycles. The molecule has 3 fully saturated rings. The van der Waals surface area contributed by atoms with E-state index in [4.69, 9.17) is 23.7 Å². The van der Waals surface area contributed by atoms with Crippen LogP contribution in [0.1, 0.15) is 86.7 Å². The zero-order valence-corrected chi connectivity index (χ0v) is 37.4. The zero-order chi connectivity index (χ0) is 47.5.